The molecule has 8 heteroatoms. The van der Waals surface area contributed by atoms with E-state index >= 15 is 0 Å². The van der Waals surface area contributed by atoms with Gasteiger partial charge in [-0.05, 0) is 88.3 Å². The molecule has 2 aliphatic rings. The number of aliphatic imine (C=N–C) groups is 1. The second-order valence-electron chi connectivity index (χ2n) is 7.74. The van der Waals surface area contributed by atoms with Crippen molar-refractivity contribution < 1.29 is 18.7 Å². The van der Waals surface area contributed by atoms with Crippen LogP contribution in [-0.4, -0.2) is 32.9 Å². The first-order valence-corrected chi connectivity index (χ1v) is 12.4. The lowest BCUT2D eigenvalue weighted by molar-refractivity contribution is -0.140. The Kier molecular flexibility index (Phi) is 18.4. The highest BCUT2D eigenvalue weighted by atomic mass is 32.2. The van der Waals surface area contributed by atoms with Crippen LogP contribution in [0.15, 0.2) is 45.8 Å². The van der Waals surface area contributed by atoms with Crippen molar-refractivity contribution in [3.05, 3.63) is 41.4 Å². The van der Waals surface area contributed by atoms with Gasteiger partial charge in [-0.25, -0.2) is 4.99 Å². The summed E-state index contributed by atoms with van der Waals surface area (Å²) in [4.78, 5) is 25.5. The summed E-state index contributed by atoms with van der Waals surface area (Å²) in [6, 6.07) is 3.44. The number of nitrogens with two attached hydrogens (primary N) is 1. The van der Waals surface area contributed by atoms with Crippen molar-refractivity contribution in [2.75, 3.05) is 14.3 Å². The molecule has 0 saturated heterocycles. The Morgan fingerprint density at radius 3 is 2.45 bits per heavy atom. The van der Waals surface area contributed by atoms with E-state index in [1.807, 2.05) is 6.92 Å². The molecule has 2 saturated carbocycles. The number of methoxy groups -OCH3 is 1. The maximum Gasteiger partial charge on any atom is 0.305 e. The Morgan fingerprint density at radius 1 is 1.30 bits per heavy atom. The molecular formula is C25H39FN2O3S2. The van der Waals surface area contributed by atoms with Crippen molar-refractivity contribution in [3.63, 3.8) is 0 Å². The van der Waals surface area contributed by atoms with Gasteiger partial charge < -0.3 is 10.5 Å². The number of carbonyl (C=O) groups is 2. The molecule has 1 aromatic heterocycles. The largest absolute Gasteiger partial charge is 0.469 e. The Labute approximate surface area is 207 Å². The van der Waals surface area contributed by atoms with Crippen LogP contribution in [0.5, 0.6) is 0 Å². The van der Waals surface area contributed by atoms with Crippen LogP contribution in [0.1, 0.15) is 68.0 Å². The zero-order valence-electron chi connectivity index (χ0n) is 20.0. The number of hydrogen-bond donors (Lipinski definition) is 2. The number of alkyl halides is 1. The first-order valence-electron chi connectivity index (χ1n) is 11.2. The van der Waals surface area contributed by atoms with E-state index in [9.17, 15) is 14.0 Å². The lowest BCUT2D eigenvalue weighted by Gasteiger charge is -2.19. The van der Waals surface area contributed by atoms with E-state index in [0.717, 1.165) is 34.8 Å². The highest BCUT2D eigenvalue weighted by Gasteiger charge is 2.38. The summed E-state index contributed by atoms with van der Waals surface area (Å²) in [5.41, 5.74) is 4.85. The highest BCUT2D eigenvalue weighted by molar-refractivity contribution is 7.82. The lowest BCUT2D eigenvalue weighted by atomic mass is 9.86. The Morgan fingerprint density at radius 2 is 2.00 bits per heavy atom. The van der Waals surface area contributed by atoms with Crippen molar-refractivity contribution in [3.8, 4) is 0 Å². The minimum atomic E-state index is -0.287. The Bertz CT molecular complexity index is 746. The molecule has 2 aliphatic carbocycles. The van der Waals surface area contributed by atoms with Crippen LogP contribution >= 0.6 is 24.0 Å². The van der Waals surface area contributed by atoms with E-state index in [4.69, 9.17) is 5.73 Å². The Balaban J connectivity index is 0.000000543. The van der Waals surface area contributed by atoms with E-state index in [0.29, 0.717) is 18.5 Å². The van der Waals surface area contributed by atoms with E-state index in [1.165, 1.54) is 56.8 Å². The van der Waals surface area contributed by atoms with Crippen LogP contribution in [-0.2, 0) is 9.53 Å². The van der Waals surface area contributed by atoms with Gasteiger partial charge >= 0.3 is 5.97 Å². The zero-order chi connectivity index (χ0) is 25.1. The summed E-state index contributed by atoms with van der Waals surface area (Å²) >= 11 is 5.34. The number of carbonyl (C=O) groups excluding carboxylic acids is 2. The number of unbranched alkanes of at least 4 members (excludes halogenated alkanes) is 1. The number of esters is 1. The van der Waals surface area contributed by atoms with Gasteiger partial charge in [0, 0.05) is 6.42 Å². The van der Waals surface area contributed by atoms with Gasteiger partial charge in [0.15, 0.2) is 0 Å². The molecule has 1 heterocycles. The van der Waals surface area contributed by atoms with Crippen LogP contribution in [0.25, 0.3) is 0 Å². The third-order valence-electron chi connectivity index (χ3n) is 5.61. The molecule has 2 unspecified atom stereocenters. The standard InChI is InChI=1S/C15H24O2.C6H5NOS2.C3H7N.CH3F/c1-17-15(16)7-5-3-2-4-6-13-10-12-8-9-14(13)11-12;1-7-6(8)4-2-3-5(9)10-4;1-2-3-4;1-2/h2,4,12-14H,3,5-11H2,1H3;2-3,9H,1H2;2-3H,4H2,1H3;1H3/b4-2-;;3-2-;/t12-,13?,14?;;;/m0.../s1. The van der Waals surface area contributed by atoms with Gasteiger partial charge in [0.2, 0.25) is 0 Å². The topological polar surface area (TPSA) is 81.8 Å². The molecule has 2 bridgehead atoms. The fraction of sp³-hybridized carbons (Fsp3) is 0.560. The first-order chi connectivity index (χ1) is 15.9. The van der Waals surface area contributed by atoms with Gasteiger partial charge in [-0.15, -0.1) is 24.0 Å². The molecule has 33 heavy (non-hydrogen) atoms. The summed E-state index contributed by atoms with van der Waals surface area (Å²) in [5.74, 6) is 2.67. The third-order valence-corrected chi connectivity index (χ3v) is 6.91. The minimum absolute atomic E-state index is 0.0912. The number of halogens is 1. The predicted octanol–water partition coefficient (Wildman–Crippen LogP) is 6.65. The number of allylic oxidation sites excluding steroid dienone is 3. The molecule has 5 nitrogen and oxygen atoms in total. The highest BCUT2D eigenvalue weighted by Crippen LogP contribution is 2.49. The van der Waals surface area contributed by atoms with Gasteiger partial charge in [-0.3, -0.25) is 14.0 Å². The van der Waals surface area contributed by atoms with Crippen molar-refractivity contribution in [2.45, 2.75) is 62.5 Å². The van der Waals surface area contributed by atoms with E-state index in [-0.39, 0.29) is 11.9 Å². The minimum Gasteiger partial charge on any atom is -0.469 e. The van der Waals surface area contributed by atoms with Gasteiger partial charge in [0.1, 0.15) is 0 Å². The average molecular weight is 499 g/mol. The molecule has 1 amide bonds. The molecule has 0 aromatic carbocycles. The number of thiol groups is 1. The number of fused-ring (bicyclic) bond motifs is 2. The van der Waals surface area contributed by atoms with E-state index < -0.39 is 0 Å². The van der Waals surface area contributed by atoms with Crippen LogP contribution in [0.2, 0.25) is 0 Å². The SMILES string of the molecule is C/C=C\N.C=NC(=O)c1ccc(S)s1.CF.COC(=O)CCC/C=C\CC1C[C@@H]2CCC1C2. The maximum atomic E-state index is 10.9. The van der Waals surface area contributed by atoms with Crippen LogP contribution in [0.3, 0.4) is 0 Å². The normalized spacial score (nSPS) is 20.2. The summed E-state index contributed by atoms with van der Waals surface area (Å²) < 4.78 is 14.9. The molecule has 0 aliphatic heterocycles. The monoisotopic (exact) mass is 498 g/mol. The lowest BCUT2D eigenvalue weighted by Crippen LogP contribution is -2.08. The fourth-order valence-corrected chi connectivity index (χ4v) is 5.06. The molecule has 0 radical (unpaired) electrons. The van der Waals surface area contributed by atoms with Crippen molar-refractivity contribution in [1.29, 1.82) is 0 Å². The molecule has 186 valence electrons. The summed E-state index contributed by atoms with van der Waals surface area (Å²) in [6.07, 6.45) is 17.5. The number of amides is 1. The van der Waals surface area contributed by atoms with Crippen molar-refractivity contribution >= 4 is 42.6 Å². The number of thiophene rings is 1. The van der Waals surface area contributed by atoms with Crippen LogP contribution < -0.4 is 5.73 Å². The Hall–Kier alpha value is -1.93. The number of ether oxygens (including phenoxy) is 1. The smallest absolute Gasteiger partial charge is 0.305 e. The molecule has 2 fully saturated rings. The summed E-state index contributed by atoms with van der Waals surface area (Å²) in [5, 5.41) is 0. The van der Waals surface area contributed by atoms with Crippen molar-refractivity contribution in [2.24, 2.45) is 28.5 Å². The van der Waals surface area contributed by atoms with E-state index in [2.05, 4.69) is 41.2 Å². The van der Waals surface area contributed by atoms with Gasteiger partial charge in [0.05, 0.1) is 23.4 Å². The molecule has 3 rings (SSSR count). The fourth-order valence-electron chi connectivity index (χ4n) is 4.04. The number of nitrogens with zero attached hydrogens (tertiary/aromatic N) is 1. The third kappa shape index (κ3) is 13.4. The first kappa shape index (κ1) is 31.1. The molecule has 2 N–H and O–H groups in total. The maximum absolute atomic E-state index is 10.9. The van der Waals surface area contributed by atoms with Crippen LogP contribution in [0, 0.1) is 17.8 Å². The average Bonchev–Trinajstić information content (AvgIpc) is 3.60. The second kappa shape index (κ2) is 19.5. The molecule has 1 aromatic rings. The summed E-state index contributed by atoms with van der Waals surface area (Å²) in [7, 11) is 1.95. The van der Waals surface area contributed by atoms with Gasteiger partial charge in [-0.1, -0.05) is 24.6 Å². The van der Waals surface area contributed by atoms with Crippen LogP contribution in [0.4, 0.5) is 4.39 Å². The zero-order valence-corrected chi connectivity index (χ0v) is 21.8. The molecule has 3 atom stereocenters. The van der Waals surface area contributed by atoms with Crippen molar-refractivity contribution in [1.82, 2.24) is 0 Å². The summed E-state index contributed by atoms with van der Waals surface area (Å²) in [6.45, 7) is 5.00. The quantitative estimate of drug-likeness (QED) is 0.145. The molecular weight excluding hydrogens is 459 g/mol. The second-order valence-corrected chi connectivity index (χ2v) is 9.61. The van der Waals surface area contributed by atoms with Gasteiger partial charge in [-0.2, -0.15) is 0 Å². The predicted molar refractivity (Wildman–Crippen MR) is 140 cm³/mol. The number of hydrogen-bond acceptors (Lipinski definition) is 6. The number of rotatable bonds is 7. The van der Waals surface area contributed by atoms with E-state index in [1.54, 1.807) is 18.2 Å². The molecule has 0 spiro atoms. The van der Waals surface area contributed by atoms with Gasteiger partial charge in [0.25, 0.3) is 5.91 Å².